The summed E-state index contributed by atoms with van der Waals surface area (Å²) in [5.41, 5.74) is 0.350. The number of hydrogen-bond donors (Lipinski definition) is 2. The van der Waals surface area contributed by atoms with E-state index in [1.807, 2.05) is 0 Å². The molecule has 0 fully saturated rings. The Balaban J connectivity index is 2.05. The van der Waals surface area contributed by atoms with E-state index in [0.717, 1.165) is 0 Å². The third-order valence-corrected chi connectivity index (χ3v) is 2.47. The van der Waals surface area contributed by atoms with Gasteiger partial charge in [-0.25, -0.2) is 9.18 Å². The number of benzene rings is 1. The molecule has 1 amide bonds. The van der Waals surface area contributed by atoms with Gasteiger partial charge >= 0.3 is 5.97 Å². The fourth-order valence-electron chi connectivity index (χ4n) is 1.67. The van der Waals surface area contributed by atoms with Crippen LogP contribution in [0.25, 0.3) is 0 Å². The number of nitrogens with zero attached hydrogens (tertiary/aromatic N) is 1. The third kappa shape index (κ3) is 3.19. The largest absolute Gasteiger partial charge is 0.477 e. The quantitative estimate of drug-likeness (QED) is 0.884. The zero-order chi connectivity index (χ0) is 13.8. The zero-order valence-corrected chi connectivity index (χ0v) is 9.84. The standard InChI is InChI=1S/C13H11FN2O3/c14-9-3-1-4-10(7-9)15-12(17)8-16-6-2-5-11(16)13(18)19/h1-7H,8H2,(H,15,17)(H,18,19). The molecular formula is C13H11FN2O3. The molecule has 98 valence electrons. The van der Waals surface area contributed by atoms with Crippen LogP contribution in [0.2, 0.25) is 0 Å². The highest BCUT2D eigenvalue weighted by atomic mass is 19.1. The summed E-state index contributed by atoms with van der Waals surface area (Å²) in [5, 5.41) is 11.4. The van der Waals surface area contributed by atoms with Crippen LogP contribution in [-0.2, 0) is 11.3 Å². The van der Waals surface area contributed by atoms with Gasteiger partial charge in [0.05, 0.1) is 0 Å². The summed E-state index contributed by atoms with van der Waals surface area (Å²) >= 11 is 0. The molecule has 0 aliphatic rings. The van der Waals surface area contributed by atoms with Gasteiger partial charge in [-0.3, -0.25) is 4.79 Å². The Morgan fingerprint density at radius 1 is 1.26 bits per heavy atom. The number of carboxylic acids is 1. The van der Waals surface area contributed by atoms with Crippen LogP contribution in [0, 0.1) is 5.82 Å². The molecule has 1 aromatic carbocycles. The Hall–Kier alpha value is -2.63. The molecule has 0 aliphatic heterocycles. The molecule has 0 saturated carbocycles. The van der Waals surface area contributed by atoms with Crippen molar-refractivity contribution in [1.29, 1.82) is 0 Å². The Kier molecular flexibility index (Phi) is 3.61. The van der Waals surface area contributed by atoms with Crippen LogP contribution in [0.4, 0.5) is 10.1 Å². The molecule has 19 heavy (non-hydrogen) atoms. The van der Waals surface area contributed by atoms with E-state index in [2.05, 4.69) is 5.32 Å². The maximum absolute atomic E-state index is 12.9. The molecule has 0 bridgehead atoms. The first-order valence-electron chi connectivity index (χ1n) is 5.50. The number of hydrogen-bond acceptors (Lipinski definition) is 2. The zero-order valence-electron chi connectivity index (χ0n) is 9.84. The first-order valence-corrected chi connectivity index (χ1v) is 5.50. The van der Waals surface area contributed by atoms with Crippen molar-refractivity contribution in [3.63, 3.8) is 0 Å². The van der Waals surface area contributed by atoms with E-state index in [-0.39, 0.29) is 12.2 Å². The number of carbonyl (C=O) groups is 2. The first kappa shape index (κ1) is 12.8. The van der Waals surface area contributed by atoms with Crippen LogP contribution in [0.1, 0.15) is 10.5 Å². The monoisotopic (exact) mass is 262 g/mol. The van der Waals surface area contributed by atoms with Crippen LogP contribution in [0.3, 0.4) is 0 Å². The lowest BCUT2D eigenvalue weighted by Crippen LogP contribution is -2.20. The van der Waals surface area contributed by atoms with Gasteiger partial charge in [0.15, 0.2) is 0 Å². The van der Waals surface area contributed by atoms with Gasteiger partial charge in [0.25, 0.3) is 0 Å². The number of aromatic carboxylic acids is 1. The van der Waals surface area contributed by atoms with E-state index in [9.17, 15) is 14.0 Å². The van der Waals surface area contributed by atoms with Crippen LogP contribution in [-0.4, -0.2) is 21.6 Å². The van der Waals surface area contributed by atoms with Crippen molar-refractivity contribution in [3.05, 3.63) is 54.1 Å². The molecule has 0 saturated heterocycles. The Morgan fingerprint density at radius 3 is 2.74 bits per heavy atom. The predicted octanol–water partition coefficient (Wildman–Crippen LogP) is 1.96. The summed E-state index contributed by atoms with van der Waals surface area (Å²) in [5.74, 6) is -1.99. The second-order valence-electron chi connectivity index (χ2n) is 3.89. The topological polar surface area (TPSA) is 71.3 Å². The maximum Gasteiger partial charge on any atom is 0.352 e. The van der Waals surface area contributed by atoms with Gasteiger partial charge in [0.1, 0.15) is 18.1 Å². The van der Waals surface area contributed by atoms with Gasteiger partial charge in [-0.15, -0.1) is 0 Å². The molecule has 1 heterocycles. The summed E-state index contributed by atoms with van der Waals surface area (Å²) < 4.78 is 14.2. The van der Waals surface area contributed by atoms with Crippen molar-refractivity contribution >= 4 is 17.6 Å². The minimum atomic E-state index is -1.11. The van der Waals surface area contributed by atoms with Crippen molar-refractivity contribution in [2.45, 2.75) is 6.54 Å². The van der Waals surface area contributed by atoms with Crippen molar-refractivity contribution in [1.82, 2.24) is 4.57 Å². The highest BCUT2D eigenvalue weighted by Gasteiger charge is 2.11. The van der Waals surface area contributed by atoms with Gasteiger partial charge in [0.2, 0.25) is 5.91 Å². The SMILES string of the molecule is O=C(Cn1cccc1C(=O)O)Nc1cccc(F)c1. The number of carboxylic acid groups (broad SMARTS) is 1. The second-order valence-corrected chi connectivity index (χ2v) is 3.89. The highest BCUT2D eigenvalue weighted by molar-refractivity contribution is 5.92. The van der Waals surface area contributed by atoms with Crippen molar-refractivity contribution in [2.24, 2.45) is 0 Å². The molecule has 0 aliphatic carbocycles. The second kappa shape index (κ2) is 5.34. The van der Waals surface area contributed by atoms with E-state index in [0.29, 0.717) is 5.69 Å². The summed E-state index contributed by atoms with van der Waals surface area (Å²) in [6, 6.07) is 8.42. The van der Waals surface area contributed by atoms with Crippen LogP contribution in [0.15, 0.2) is 42.6 Å². The van der Waals surface area contributed by atoms with E-state index in [4.69, 9.17) is 5.11 Å². The fourth-order valence-corrected chi connectivity index (χ4v) is 1.67. The average Bonchev–Trinajstić information content (AvgIpc) is 2.76. The van der Waals surface area contributed by atoms with Gasteiger partial charge in [-0.05, 0) is 30.3 Å². The number of carbonyl (C=O) groups excluding carboxylic acids is 1. The first-order chi connectivity index (χ1) is 9.06. The third-order valence-electron chi connectivity index (χ3n) is 2.47. The Labute approximate surface area is 108 Å². The van der Waals surface area contributed by atoms with Crippen molar-refractivity contribution in [2.75, 3.05) is 5.32 Å². The summed E-state index contributed by atoms with van der Waals surface area (Å²) in [6.07, 6.45) is 1.49. The minimum absolute atomic E-state index is 0.0226. The lowest BCUT2D eigenvalue weighted by Gasteiger charge is -2.07. The molecule has 2 aromatic rings. The number of nitrogens with one attached hydrogen (secondary N) is 1. The van der Waals surface area contributed by atoms with E-state index in [1.54, 1.807) is 12.1 Å². The van der Waals surface area contributed by atoms with Gasteiger partial charge < -0.3 is 15.0 Å². The lowest BCUT2D eigenvalue weighted by molar-refractivity contribution is -0.116. The highest BCUT2D eigenvalue weighted by Crippen LogP contribution is 2.09. The van der Waals surface area contributed by atoms with E-state index in [1.165, 1.54) is 35.0 Å². The molecular weight excluding hydrogens is 251 g/mol. The molecule has 0 radical (unpaired) electrons. The van der Waals surface area contributed by atoms with Crippen molar-refractivity contribution < 1.29 is 19.1 Å². The normalized spacial score (nSPS) is 10.2. The predicted molar refractivity (Wildman–Crippen MR) is 66.4 cm³/mol. The molecule has 0 unspecified atom stereocenters. The van der Waals surface area contributed by atoms with Gasteiger partial charge in [-0.1, -0.05) is 6.07 Å². The molecule has 1 aromatic heterocycles. The fraction of sp³-hybridized carbons (Fsp3) is 0.0769. The number of anilines is 1. The maximum atomic E-state index is 12.9. The number of aromatic nitrogens is 1. The molecule has 6 heteroatoms. The van der Waals surface area contributed by atoms with Crippen LogP contribution in [0.5, 0.6) is 0 Å². The molecule has 5 nitrogen and oxygen atoms in total. The lowest BCUT2D eigenvalue weighted by atomic mass is 10.3. The summed E-state index contributed by atoms with van der Waals surface area (Å²) in [6.45, 7) is -0.148. The van der Waals surface area contributed by atoms with Gasteiger partial charge in [0, 0.05) is 11.9 Å². The Bertz CT molecular complexity index is 622. The Morgan fingerprint density at radius 2 is 2.05 bits per heavy atom. The molecule has 2 rings (SSSR count). The van der Waals surface area contributed by atoms with Crippen LogP contribution >= 0.6 is 0 Å². The van der Waals surface area contributed by atoms with Crippen molar-refractivity contribution in [3.8, 4) is 0 Å². The number of amides is 1. The van der Waals surface area contributed by atoms with Crippen LogP contribution < -0.4 is 5.32 Å². The van der Waals surface area contributed by atoms with E-state index < -0.39 is 17.7 Å². The number of rotatable bonds is 4. The summed E-state index contributed by atoms with van der Waals surface area (Å²) in [4.78, 5) is 22.6. The van der Waals surface area contributed by atoms with Gasteiger partial charge in [-0.2, -0.15) is 0 Å². The number of halogens is 1. The summed E-state index contributed by atoms with van der Waals surface area (Å²) in [7, 11) is 0. The average molecular weight is 262 g/mol. The van der Waals surface area contributed by atoms with E-state index >= 15 is 0 Å². The molecule has 2 N–H and O–H groups in total. The smallest absolute Gasteiger partial charge is 0.352 e. The minimum Gasteiger partial charge on any atom is -0.477 e. The molecule has 0 spiro atoms. The molecule has 0 atom stereocenters.